The fourth-order valence-electron chi connectivity index (χ4n) is 3.57. The Labute approximate surface area is 280 Å². The summed E-state index contributed by atoms with van der Waals surface area (Å²) in [6.07, 6.45) is 3.07. The van der Waals surface area contributed by atoms with Gasteiger partial charge in [0.1, 0.15) is 10.1 Å². The summed E-state index contributed by atoms with van der Waals surface area (Å²) >= 11 is 0.647. The molecule has 0 atom stereocenters. The van der Waals surface area contributed by atoms with Crippen LogP contribution in [0.25, 0.3) is 12.2 Å². The van der Waals surface area contributed by atoms with Crippen molar-refractivity contribution in [1.29, 1.82) is 0 Å². The summed E-state index contributed by atoms with van der Waals surface area (Å²) < 4.78 is 50.2. The van der Waals surface area contributed by atoms with E-state index < -0.39 is 10.1 Å². The van der Waals surface area contributed by atoms with Gasteiger partial charge in [-0.15, -0.1) is 0 Å². The monoisotopic (exact) mass is 607 g/mol. The molecule has 0 aliphatic carbocycles. The molecule has 2 aromatic carbocycles. The van der Waals surface area contributed by atoms with Crippen LogP contribution in [0.3, 0.4) is 0 Å². The van der Waals surface area contributed by atoms with Crippen molar-refractivity contribution in [1.82, 2.24) is 15.0 Å². The zero-order valence-corrected chi connectivity index (χ0v) is 28.0. The molecule has 40 heavy (non-hydrogen) atoms. The van der Waals surface area contributed by atoms with Crippen LogP contribution in [0, 0.1) is 6.92 Å². The maximum atomic E-state index is 11.7. The van der Waals surface area contributed by atoms with Gasteiger partial charge in [-0.25, -0.2) is 8.42 Å². The van der Waals surface area contributed by atoms with Crippen molar-refractivity contribution < 1.29 is 96.2 Å². The molecule has 1 N–H and O–H groups in total. The molecule has 0 unspecified atom stereocenters. The van der Waals surface area contributed by atoms with Gasteiger partial charge < -0.3 is 29.5 Å². The maximum absolute atomic E-state index is 11.7. The van der Waals surface area contributed by atoms with Crippen LogP contribution >= 0.6 is 12.0 Å². The van der Waals surface area contributed by atoms with E-state index in [1.165, 1.54) is 25.3 Å². The summed E-state index contributed by atoms with van der Waals surface area (Å²) in [6.45, 7) is 4.04. The number of nitrogens with one attached hydrogen (secondary N) is 1. The summed E-state index contributed by atoms with van der Waals surface area (Å²) in [5, 5.41) is 17.1. The minimum absolute atomic E-state index is 0. The van der Waals surface area contributed by atoms with Gasteiger partial charge in [0.25, 0.3) is 0 Å². The number of morpholine rings is 1. The van der Waals surface area contributed by atoms with Crippen LogP contribution in [-0.2, 0) is 24.2 Å². The first-order chi connectivity index (χ1) is 18.3. The Kier molecular flexibility index (Phi) is 14.3. The molecule has 1 aliphatic rings. The van der Waals surface area contributed by atoms with Crippen molar-refractivity contribution >= 4 is 51.9 Å². The van der Waals surface area contributed by atoms with Crippen molar-refractivity contribution in [3.63, 3.8) is 0 Å². The Morgan fingerprint density at radius 3 is 2.42 bits per heavy atom. The molecule has 1 saturated heterocycles. The Bertz CT molecular complexity index is 1430. The van der Waals surface area contributed by atoms with Gasteiger partial charge in [0.15, 0.2) is 0 Å². The summed E-state index contributed by atoms with van der Waals surface area (Å²) in [7, 11) is -3.23. The van der Waals surface area contributed by atoms with E-state index in [2.05, 4.69) is 29.6 Å². The van der Waals surface area contributed by atoms with Gasteiger partial charge in [0, 0.05) is 23.7 Å². The van der Waals surface area contributed by atoms with Crippen LogP contribution < -0.4 is 79.3 Å². The Morgan fingerprint density at radius 1 is 1.05 bits per heavy atom. The minimum atomic E-state index is -4.69. The molecule has 0 saturated carbocycles. The molecule has 17 heteroatoms. The fourth-order valence-corrected chi connectivity index (χ4v) is 4.84. The van der Waals surface area contributed by atoms with E-state index in [1.807, 2.05) is 4.90 Å². The van der Waals surface area contributed by atoms with E-state index in [-0.39, 0.29) is 81.5 Å². The predicted octanol–water partition coefficient (Wildman–Crippen LogP) is -3.92. The largest absolute Gasteiger partial charge is 1.00 e. The summed E-state index contributed by atoms with van der Waals surface area (Å²) in [4.78, 5) is 15.1. The van der Waals surface area contributed by atoms with Gasteiger partial charge in [0.2, 0.25) is 11.9 Å². The van der Waals surface area contributed by atoms with Crippen LogP contribution in [0.15, 0.2) is 46.2 Å². The third-order valence-electron chi connectivity index (χ3n) is 5.38. The zero-order valence-electron chi connectivity index (χ0n) is 22.3. The maximum Gasteiger partial charge on any atom is 1.00 e. The number of hydrogen-bond donors (Lipinski definition) is 1. The van der Waals surface area contributed by atoms with Gasteiger partial charge in [0.05, 0.1) is 37.3 Å². The molecule has 0 spiro atoms. The molecule has 1 aromatic heterocycles. The molecule has 1 aliphatic heterocycles. The first-order valence-corrected chi connectivity index (χ1v) is 13.3. The first kappa shape index (κ1) is 34.9. The van der Waals surface area contributed by atoms with Gasteiger partial charge in [-0.3, -0.25) is 5.04 Å². The molecule has 13 nitrogen and oxygen atoms in total. The molecule has 3 aromatic rings. The van der Waals surface area contributed by atoms with Gasteiger partial charge >= 0.3 is 65.1 Å². The Balaban J connectivity index is 0.00000280. The molecule has 202 valence electrons. The third-order valence-corrected chi connectivity index (χ3v) is 6.93. The van der Waals surface area contributed by atoms with E-state index >= 15 is 0 Å². The second-order valence-corrected chi connectivity index (χ2v) is 10.1. The van der Waals surface area contributed by atoms with Crippen molar-refractivity contribution in [2.75, 3.05) is 43.6 Å². The van der Waals surface area contributed by atoms with E-state index in [0.29, 0.717) is 66.0 Å². The number of aromatic nitrogens is 3. The molecular formula is C23H23N5Na2O8S2. The number of methoxy groups -OCH3 is 1. The topological polar surface area (TPSA) is 171 Å². The molecule has 0 radical (unpaired) electrons. The average Bonchev–Trinajstić information content (AvgIpc) is 2.91. The third kappa shape index (κ3) is 9.62. The number of rotatable bonds is 10. The average molecular weight is 608 g/mol. The molecule has 0 amide bonds. The van der Waals surface area contributed by atoms with E-state index in [4.69, 9.17) is 9.47 Å². The predicted molar refractivity (Wildman–Crippen MR) is 135 cm³/mol. The molecular weight excluding hydrogens is 584 g/mol. The Hall–Kier alpha value is -1.31. The number of nitrogens with zero attached hydrogens (tertiary/aromatic N) is 4. The van der Waals surface area contributed by atoms with Crippen LogP contribution in [0.4, 0.5) is 17.6 Å². The number of anilines is 3. The molecule has 1 fully saturated rings. The van der Waals surface area contributed by atoms with E-state index in [1.54, 1.807) is 37.3 Å². The Morgan fingerprint density at radius 2 is 1.75 bits per heavy atom. The smallest absolute Gasteiger partial charge is 0.744 e. The van der Waals surface area contributed by atoms with Gasteiger partial charge in [-0.05, 0) is 41.8 Å². The van der Waals surface area contributed by atoms with Crippen LogP contribution in [-0.4, -0.2) is 61.3 Å². The quantitative estimate of drug-likeness (QED) is 0.0592. The van der Waals surface area contributed by atoms with Crippen molar-refractivity contribution in [3.8, 4) is 6.01 Å². The zero-order chi connectivity index (χ0) is 27.1. The standard InChI is InChI=1S/C23H25N5O8S2.2Na/c1-15-3-4-17(20(13-15)38(30,31)32)6-5-16-7-8-18(14-19(16)37-36-35-29)24-21-25-22(27-23(26-21)33-2)28-9-11-34-12-10-28;;/h3-8,13-14,29H,9-12H2,1-2H3,(H,30,31,32)(H,24,25,26,27);;/q;2*+1/p-2/b6-5+;;. The minimum Gasteiger partial charge on any atom is -0.744 e. The van der Waals surface area contributed by atoms with Crippen molar-refractivity contribution in [2.45, 2.75) is 16.7 Å². The number of ether oxygens (including phenoxy) is 2. The second-order valence-electron chi connectivity index (χ2n) is 7.97. The van der Waals surface area contributed by atoms with E-state index in [9.17, 15) is 18.2 Å². The van der Waals surface area contributed by atoms with Crippen molar-refractivity contribution in [3.05, 3.63) is 53.1 Å². The molecule has 2 heterocycles. The van der Waals surface area contributed by atoms with Crippen molar-refractivity contribution in [2.24, 2.45) is 0 Å². The summed E-state index contributed by atoms with van der Waals surface area (Å²) in [5.41, 5.74) is 1.95. The summed E-state index contributed by atoms with van der Waals surface area (Å²) in [5.74, 6) is 0.658. The van der Waals surface area contributed by atoms with Crippen LogP contribution in [0.5, 0.6) is 6.01 Å². The normalized spacial score (nSPS) is 13.4. The SMILES string of the molecule is COc1nc(Nc2ccc(/C=C/c3ccc(C)cc3S(=O)(=O)[O-])c(SOO[O-])c2)nc(N2CCOCC2)n1.[Na+].[Na+]. The number of hydrogen-bond acceptors (Lipinski definition) is 14. The number of benzene rings is 2. The van der Waals surface area contributed by atoms with E-state index in [0.717, 1.165) is 0 Å². The second kappa shape index (κ2) is 16.4. The fraction of sp³-hybridized carbons (Fsp3) is 0.261. The molecule has 0 bridgehead atoms. The van der Waals surface area contributed by atoms with Gasteiger partial charge in [-0.1, -0.05) is 30.4 Å². The molecule has 4 rings (SSSR count). The van der Waals surface area contributed by atoms with Gasteiger partial charge in [-0.2, -0.15) is 19.3 Å². The summed E-state index contributed by atoms with van der Waals surface area (Å²) in [6, 6.07) is 9.73. The number of aryl methyl sites for hydroxylation is 1. The first-order valence-electron chi connectivity index (χ1n) is 11.2. The van der Waals surface area contributed by atoms with Crippen LogP contribution in [0.2, 0.25) is 0 Å². The van der Waals surface area contributed by atoms with Crippen LogP contribution in [0.1, 0.15) is 16.7 Å².